The van der Waals surface area contributed by atoms with Gasteiger partial charge in [-0.1, -0.05) is 6.07 Å². The van der Waals surface area contributed by atoms with Crippen molar-refractivity contribution in [2.75, 3.05) is 12.4 Å². The predicted molar refractivity (Wildman–Crippen MR) is 94.6 cm³/mol. The third-order valence-corrected chi connectivity index (χ3v) is 4.77. The number of rotatable bonds is 5. The Morgan fingerprint density at radius 3 is 2.88 bits per heavy atom. The molecule has 4 rings (SSSR count). The van der Waals surface area contributed by atoms with E-state index in [0.717, 1.165) is 35.1 Å². The molecule has 1 aromatic carbocycles. The lowest BCUT2D eigenvalue weighted by atomic mass is 9.75. The van der Waals surface area contributed by atoms with Crippen LogP contribution in [-0.2, 0) is 0 Å². The van der Waals surface area contributed by atoms with Crippen LogP contribution in [0.15, 0.2) is 41.1 Å². The van der Waals surface area contributed by atoms with Crippen LogP contribution in [0.5, 0.6) is 5.75 Å². The summed E-state index contributed by atoms with van der Waals surface area (Å²) in [6, 6.07) is 8.33. The van der Waals surface area contributed by atoms with Crippen molar-refractivity contribution in [3.63, 3.8) is 0 Å². The fraction of sp³-hybridized carbons (Fsp3) is 0.368. The molecule has 3 aromatic rings. The molecule has 0 amide bonds. The first-order valence-corrected chi connectivity index (χ1v) is 8.43. The number of anilines is 1. The number of hydrogen-bond acceptors (Lipinski definition) is 6. The molecule has 0 aliphatic heterocycles. The van der Waals surface area contributed by atoms with E-state index < -0.39 is 0 Å². The average molecular weight is 339 g/mol. The Morgan fingerprint density at radius 1 is 1.28 bits per heavy atom. The lowest BCUT2D eigenvalue weighted by Gasteiger charge is -2.37. The highest BCUT2D eigenvalue weighted by Crippen LogP contribution is 2.40. The Labute approximate surface area is 145 Å². The van der Waals surface area contributed by atoms with E-state index >= 15 is 0 Å². The third kappa shape index (κ3) is 3.17. The van der Waals surface area contributed by atoms with Crippen LogP contribution >= 0.6 is 0 Å². The van der Waals surface area contributed by atoms with Crippen LogP contribution in [0.3, 0.4) is 0 Å². The fourth-order valence-corrected chi connectivity index (χ4v) is 3.32. The Bertz CT molecular complexity index is 887. The predicted octanol–water partition coefficient (Wildman–Crippen LogP) is 3.46. The highest BCUT2D eigenvalue weighted by Gasteiger charge is 2.36. The van der Waals surface area contributed by atoms with E-state index in [-0.39, 0.29) is 12.1 Å². The van der Waals surface area contributed by atoms with E-state index in [1.807, 2.05) is 37.4 Å². The van der Waals surface area contributed by atoms with Gasteiger partial charge < -0.3 is 19.6 Å². The molecule has 6 heteroatoms. The molecule has 0 spiro atoms. The van der Waals surface area contributed by atoms with E-state index in [9.17, 15) is 5.11 Å². The van der Waals surface area contributed by atoms with Crippen molar-refractivity contribution in [1.82, 2.24) is 9.97 Å². The van der Waals surface area contributed by atoms with Gasteiger partial charge in [0.25, 0.3) is 6.01 Å². The second kappa shape index (κ2) is 6.37. The summed E-state index contributed by atoms with van der Waals surface area (Å²) in [6.45, 7) is 2.03. The van der Waals surface area contributed by atoms with Crippen LogP contribution in [0.4, 0.5) is 6.01 Å². The maximum atomic E-state index is 9.72. The van der Waals surface area contributed by atoms with Crippen molar-refractivity contribution in [2.24, 2.45) is 5.92 Å². The molecule has 0 bridgehead atoms. The summed E-state index contributed by atoms with van der Waals surface area (Å²) in [5, 5.41) is 13.1. The topological polar surface area (TPSA) is 80.4 Å². The zero-order valence-corrected chi connectivity index (χ0v) is 14.3. The number of hydrogen-bond donors (Lipinski definition) is 2. The van der Waals surface area contributed by atoms with Crippen molar-refractivity contribution in [2.45, 2.75) is 31.9 Å². The molecule has 130 valence electrons. The standard InChI is InChI=1S/C19H21N3O3/c1-11-3-4-17-16(5-11)21-19(25-17)22-18(12-6-14(23)7-12)13-8-15(24-2)10-20-9-13/h3-5,8-10,12,14,18,23H,6-7H2,1-2H3,(H,21,22)/t12?,14?,18-/m0/s1. The van der Waals surface area contributed by atoms with Crippen LogP contribution in [0.2, 0.25) is 0 Å². The lowest BCUT2D eigenvalue weighted by molar-refractivity contribution is 0.0336. The lowest BCUT2D eigenvalue weighted by Crippen LogP contribution is -2.36. The maximum absolute atomic E-state index is 9.72. The fourth-order valence-electron chi connectivity index (χ4n) is 3.32. The number of aliphatic hydroxyl groups is 1. The highest BCUT2D eigenvalue weighted by atomic mass is 16.5. The smallest absolute Gasteiger partial charge is 0.296 e. The van der Waals surface area contributed by atoms with Gasteiger partial charge in [-0.2, -0.15) is 4.98 Å². The second-order valence-corrected chi connectivity index (χ2v) is 6.66. The zero-order chi connectivity index (χ0) is 17.4. The molecule has 0 unspecified atom stereocenters. The summed E-state index contributed by atoms with van der Waals surface area (Å²) in [5.41, 5.74) is 3.72. The Morgan fingerprint density at radius 2 is 2.12 bits per heavy atom. The van der Waals surface area contributed by atoms with Crippen molar-refractivity contribution in [3.05, 3.63) is 47.8 Å². The number of benzene rings is 1. The number of aromatic nitrogens is 2. The number of fused-ring (bicyclic) bond motifs is 1. The molecule has 1 fully saturated rings. The second-order valence-electron chi connectivity index (χ2n) is 6.66. The number of oxazole rings is 1. The molecule has 6 nitrogen and oxygen atoms in total. The molecular formula is C19H21N3O3. The zero-order valence-electron chi connectivity index (χ0n) is 14.3. The molecule has 2 N–H and O–H groups in total. The molecule has 2 aromatic heterocycles. The Hall–Kier alpha value is -2.60. The van der Waals surface area contributed by atoms with Gasteiger partial charge >= 0.3 is 0 Å². The third-order valence-electron chi connectivity index (χ3n) is 4.77. The highest BCUT2D eigenvalue weighted by molar-refractivity contribution is 5.75. The van der Waals surface area contributed by atoms with Gasteiger partial charge in [0.1, 0.15) is 11.3 Å². The summed E-state index contributed by atoms with van der Waals surface area (Å²) < 4.78 is 11.1. The first-order chi connectivity index (χ1) is 12.1. The quantitative estimate of drug-likeness (QED) is 0.741. The van der Waals surface area contributed by atoms with Crippen LogP contribution < -0.4 is 10.1 Å². The van der Waals surface area contributed by atoms with Gasteiger partial charge in [0.15, 0.2) is 5.58 Å². The van der Waals surface area contributed by atoms with Crippen molar-refractivity contribution in [3.8, 4) is 5.75 Å². The number of ether oxygens (including phenoxy) is 1. The van der Waals surface area contributed by atoms with Crippen LogP contribution in [0.1, 0.15) is 30.0 Å². The molecule has 0 radical (unpaired) electrons. The van der Waals surface area contributed by atoms with Crippen molar-refractivity contribution in [1.29, 1.82) is 0 Å². The van der Waals surface area contributed by atoms with Gasteiger partial charge in [0.05, 0.1) is 25.5 Å². The Kier molecular flexibility index (Phi) is 4.05. The van der Waals surface area contributed by atoms with Gasteiger partial charge in [-0.3, -0.25) is 4.98 Å². The summed E-state index contributed by atoms with van der Waals surface area (Å²) in [5.74, 6) is 0.998. The van der Waals surface area contributed by atoms with Gasteiger partial charge in [0, 0.05) is 6.20 Å². The van der Waals surface area contributed by atoms with Crippen LogP contribution in [0.25, 0.3) is 11.1 Å². The molecule has 25 heavy (non-hydrogen) atoms. The van der Waals surface area contributed by atoms with Gasteiger partial charge in [-0.15, -0.1) is 0 Å². The first kappa shape index (κ1) is 15.9. The summed E-state index contributed by atoms with van der Waals surface area (Å²) in [7, 11) is 1.62. The Balaban J connectivity index is 1.65. The number of aliphatic hydroxyl groups excluding tert-OH is 1. The monoisotopic (exact) mass is 339 g/mol. The number of aryl methyl sites for hydroxylation is 1. The molecule has 1 aliphatic carbocycles. The molecule has 1 saturated carbocycles. The van der Waals surface area contributed by atoms with E-state index in [1.165, 1.54) is 0 Å². The number of nitrogens with zero attached hydrogens (tertiary/aromatic N) is 2. The van der Waals surface area contributed by atoms with Crippen LogP contribution in [0, 0.1) is 12.8 Å². The largest absolute Gasteiger partial charge is 0.495 e. The normalized spacial score (nSPS) is 20.9. The number of pyridine rings is 1. The number of methoxy groups -OCH3 is 1. The summed E-state index contributed by atoms with van der Waals surface area (Å²) >= 11 is 0. The number of nitrogens with one attached hydrogen (secondary N) is 1. The minimum atomic E-state index is -0.237. The molecule has 2 heterocycles. The van der Waals surface area contributed by atoms with Gasteiger partial charge in [-0.25, -0.2) is 0 Å². The minimum absolute atomic E-state index is 0.0415. The van der Waals surface area contributed by atoms with E-state index in [1.54, 1.807) is 13.3 Å². The molecular weight excluding hydrogens is 318 g/mol. The molecule has 1 atom stereocenters. The molecule has 0 saturated heterocycles. The average Bonchev–Trinajstić information content (AvgIpc) is 2.99. The van der Waals surface area contributed by atoms with Crippen molar-refractivity contribution < 1.29 is 14.3 Å². The van der Waals surface area contributed by atoms with Gasteiger partial charge in [0.2, 0.25) is 0 Å². The SMILES string of the molecule is COc1cncc([C@@H](Nc2nc3cc(C)ccc3o2)C2CC(O)C2)c1. The van der Waals surface area contributed by atoms with Crippen molar-refractivity contribution >= 4 is 17.1 Å². The van der Waals surface area contributed by atoms with E-state index in [4.69, 9.17) is 9.15 Å². The van der Waals surface area contributed by atoms with Crippen LogP contribution in [-0.4, -0.2) is 28.3 Å². The van der Waals surface area contributed by atoms with E-state index in [0.29, 0.717) is 17.7 Å². The minimum Gasteiger partial charge on any atom is -0.495 e. The first-order valence-electron chi connectivity index (χ1n) is 8.43. The maximum Gasteiger partial charge on any atom is 0.296 e. The summed E-state index contributed by atoms with van der Waals surface area (Å²) in [6.07, 6.45) is 4.75. The molecule has 1 aliphatic rings. The van der Waals surface area contributed by atoms with E-state index in [2.05, 4.69) is 15.3 Å². The van der Waals surface area contributed by atoms with Gasteiger partial charge in [-0.05, 0) is 55.0 Å². The summed E-state index contributed by atoms with van der Waals surface area (Å²) in [4.78, 5) is 8.80.